The predicted octanol–water partition coefficient (Wildman–Crippen LogP) is -4.22. The fraction of sp³-hybridized carbons (Fsp3) is 0.143. The minimum atomic E-state index is -1.28. The molecule has 1 aromatic carbocycles. The molecule has 60 valence electrons. The van der Waals surface area contributed by atoms with Crippen LogP contribution in [-0.4, -0.2) is 20.9 Å². The Hall–Kier alpha value is 1.12. The Morgan fingerprint density at radius 1 is 1.08 bits per heavy atom. The summed E-state index contributed by atoms with van der Waals surface area (Å²) in [6.07, 6.45) is 0. The van der Waals surface area contributed by atoms with E-state index in [4.69, 9.17) is 0 Å². The standard InChI is InChI=1S/C7H7.2ClH.FH.Mg.Zn/c1-7-5-3-2-4-6-7;;;;;/h2-6H,1H2;3*1H;;/q;;;;+1;+2/p-3. The molecular weight excluding hydrogens is 264 g/mol. The summed E-state index contributed by atoms with van der Waals surface area (Å²) < 4.78 is 12.5. The van der Waals surface area contributed by atoms with Crippen molar-refractivity contribution in [1.82, 2.24) is 0 Å². The van der Waals surface area contributed by atoms with Crippen LogP contribution in [-0.2, 0) is 24.0 Å². The molecule has 0 spiro atoms. The molecule has 0 nitrogen and oxygen atoms in total. The molecule has 0 aliphatic carbocycles. The Kier molecular flexibility index (Phi) is 19.0. The molecule has 0 aliphatic rings. The van der Waals surface area contributed by atoms with Gasteiger partial charge in [0.2, 0.25) is 0 Å². The third kappa shape index (κ3) is 7.75. The smallest absolute Gasteiger partial charge is 1.00 e. The zero-order chi connectivity index (χ0) is 6.53. The topological polar surface area (TPSA) is 0 Å². The molecule has 0 radical (unpaired) electrons. The number of benzene rings is 1. The van der Waals surface area contributed by atoms with Crippen molar-refractivity contribution < 1.29 is 47.2 Å². The van der Waals surface area contributed by atoms with Gasteiger partial charge in [0, 0.05) is 0 Å². The molecule has 12 heavy (non-hydrogen) atoms. The second-order valence-corrected chi connectivity index (χ2v) is 2.80. The van der Waals surface area contributed by atoms with Crippen LogP contribution in [0.3, 0.4) is 0 Å². The van der Waals surface area contributed by atoms with Crippen LogP contribution in [0, 0.1) is 0 Å². The minimum absolute atomic E-state index is 0. The van der Waals surface area contributed by atoms with Crippen molar-refractivity contribution in [1.29, 1.82) is 0 Å². The van der Waals surface area contributed by atoms with Gasteiger partial charge < -0.3 is 27.8 Å². The van der Waals surface area contributed by atoms with Gasteiger partial charge in [-0.05, 0) is 0 Å². The van der Waals surface area contributed by atoms with Crippen LogP contribution in [0.15, 0.2) is 30.3 Å². The van der Waals surface area contributed by atoms with E-state index in [0.717, 1.165) is 5.56 Å². The molecule has 0 aromatic heterocycles. The molecule has 0 saturated carbocycles. The SMILES string of the molecule is [Cl-].[Cl-].[F][Mg][CH2]c1ccccc1.[Zn+2]. The summed E-state index contributed by atoms with van der Waals surface area (Å²) in [5.74, 6) is 0. The van der Waals surface area contributed by atoms with Crippen molar-refractivity contribution >= 4 is 20.9 Å². The normalized spacial score (nSPS) is 6.42. The first-order chi connectivity index (χ1) is 4.43. The monoisotopic (exact) mass is 268 g/mol. The van der Waals surface area contributed by atoms with Gasteiger partial charge in [0.05, 0.1) is 0 Å². The van der Waals surface area contributed by atoms with Gasteiger partial charge in [0.1, 0.15) is 0 Å². The second-order valence-electron chi connectivity index (χ2n) is 1.92. The Labute approximate surface area is 108 Å². The van der Waals surface area contributed by atoms with Crippen molar-refractivity contribution in [2.24, 2.45) is 0 Å². The van der Waals surface area contributed by atoms with Crippen molar-refractivity contribution in [2.75, 3.05) is 0 Å². The largest absolute Gasteiger partial charge is 2.00 e. The summed E-state index contributed by atoms with van der Waals surface area (Å²) in [6.45, 7) is 0. The van der Waals surface area contributed by atoms with Crippen LogP contribution >= 0.6 is 0 Å². The summed E-state index contributed by atoms with van der Waals surface area (Å²) in [6, 6.07) is 9.77. The van der Waals surface area contributed by atoms with Gasteiger partial charge in [-0.1, -0.05) is 40.4 Å². The number of rotatable bonds is 2. The van der Waals surface area contributed by atoms with E-state index in [2.05, 4.69) is 0 Å². The molecule has 0 fully saturated rings. The van der Waals surface area contributed by atoms with Crippen LogP contribution in [0.2, 0.25) is 0 Å². The Morgan fingerprint density at radius 3 is 2.00 bits per heavy atom. The first-order valence-corrected chi connectivity index (χ1v) is 4.57. The maximum absolute atomic E-state index is 11.8. The summed E-state index contributed by atoms with van der Waals surface area (Å²) in [4.78, 5) is 0. The van der Waals surface area contributed by atoms with Crippen molar-refractivity contribution in [3.8, 4) is 0 Å². The Balaban J connectivity index is -0.000000270. The van der Waals surface area contributed by atoms with E-state index in [1.54, 1.807) is 0 Å². The number of hydrogen-bond donors (Lipinski definition) is 0. The minimum Gasteiger partial charge on any atom is -1.00 e. The third-order valence-electron chi connectivity index (χ3n) is 1.23. The van der Waals surface area contributed by atoms with Gasteiger partial charge >= 0.3 is 40.4 Å². The predicted molar refractivity (Wildman–Crippen MR) is 37.0 cm³/mol. The molecule has 0 N–H and O–H groups in total. The van der Waals surface area contributed by atoms with Crippen LogP contribution in [0.5, 0.6) is 0 Å². The Morgan fingerprint density at radius 2 is 1.58 bits per heavy atom. The van der Waals surface area contributed by atoms with Crippen LogP contribution < -0.4 is 24.8 Å². The molecule has 0 saturated heterocycles. The Bertz CT molecular complexity index is 174. The van der Waals surface area contributed by atoms with Gasteiger partial charge in [-0.3, -0.25) is 0 Å². The second kappa shape index (κ2) is 12.1. The average molecular weight is 271 g/mol. The number of hydrogen-bond acceptors (Lipinski definition) is 0. The molecule has 0 bridgehead atoms. The van der Waals surface area contributed by atoms with E-state index < -0.39 is 20.9 Å². The van der Waals surface area contributed by atoms with E-state index in [9.17, 15) is 2.96 Å². The maximum Gasteiger partial charge on any atom is 2.00 e. The molecular formula is C7H7Cl2FMgZn. The van der Waals surface area contributed by atoms with Gasteiger partial charge in [-0.2, -0.15) is 0 Å². The van der Waals surface area contributed by atoms with E-state index in [1.165, 1.54) is 0 Å². The molecule has 1 aromatic rings. The van der Waals surface area contributed by atoms with Gasteiger partial charge in [-0.15, -0.1) is 0 Å². The first-order valence-electron chi connectivity index (χ1n) is 3.03. The number of halogens is 3. The third-order valence-corrected chi connectivity index (χ3v) is 1.99. The molecule has 5 heteroatoms. The summed E-state index contributed by atoms with van der Waals surface area (Å²) in [5.41, 5.74) is 1.13. The van der Waals surface area contributed by atoms with Gasteiger partial charge in [-0.25, -0.2) is 0 Å². The molecule has 0 aliphatic heterocycles. The summed E-state index contributed by atoms with van der Waals surface area (Å²) in [7, 11) is 0. The van der Waals surface area contributed by atoms with E-state index in [1.807, 2.05) is 30.3 Å². The zero-order valence-electron chi connectivity index (χ0n) is 6.64. The van der Waals surface area contributed by atoms with Crippen molar-refractivity contribution in [3.05, 3.63) is 35.9 Å². The van der Waals surface area contributed by atoms with Gasteiger partial charge in [0.15, 0.2) is 0 Å². The van der Waals surface area contributed by atoms with Crippen LogP contribution in [0.1, 0.15) is 5.56 Å². The molecule has 0 unspecified atom stereocenters. The van der Waals surface area contributed by atoms with Crippen molar-refractivity contribution in [3.63, 3.8) is 0 Å². The van der Waals surface area contributed by atoms with E-state index >= 15 is 0 Å². The summed E-state index contributed by atoms with van der Waals surface area (Å²) in [5, 5.41) is 0. The van der Waals surface area contributed by atoms with Crippen LogP contribution in [0.4, 0.5) is 2.96 Å². The molecule has 0 heterocycles. The fourth-order valence-electron chi connectivity index (χ4n) is 0.754. The first kappa shape index (κ1) is 18.8. The van der Waals surface area contributed by atoms with E-state index in [0.29, 0.717) is 4.55 Å². The summed E-state index contributed by atoms with van der Waals surface area (Å²) >= 11 is -1.28. The fourth-order valence-corrected chi connectivity index (χ4v) is 1.31. The zero-order valence-corrected chi connectivity index (χ0v) is 12.5. The van der Waals surface area contributed by atoms with Gasteiger partial charge in [0.25, 0.3) is 0 Å². The van der Waals surface area contributed by atoms with E-state index in [-0.39, 0.29) is 44.3 Å². The molecule has 0 atom stereocenters. The average Bonchev–Trinajstić information content (AvgIpc) is 1.91. The molecule has 0 amide bonds. The van der Waals surface area contributed by atoms with Crippen molar-refractivity contribution in [2.45, 2.75) is 4.55 Å². The maximum atomic E-state index is 11.8. The van der Waals surface area contributed by atoms with Crippen LogP contribution in [0.25, 0.3) is 0 Å². The molecule has 1 rings (SSSR count). The quantitative estimate of drug-likeness (QED) is 0.478.